The smallest absolute Gasteiger partial charge is 0.275 e. The Balaban J connectivity index is 1.39. The summed E-state index contributed by atoms with van der Waals surface area (Å²) in [6, 6.07) is 8.03. The van der Waals surface area contributed by atoms with Gasteiger partial charge >= 0.3 is 0 Å². The molecular weight excluding hydrogens is 442 g/mol. The average Bonchev–Trinajstić information content (AvgIpc) is 3.31. The third-order valence-electron chi connectivity index (χ3n) is 5.86. The maximum atomic E-state index is 13.0. The fraction of sp³-hybridized carbons (Fsp3) is 0.500. The number of aromatic nitrogens is 1. The molecule has 4 N–H and O–H groups in total. The number of carbonyl (C=O) groups is 2. The maximum absolute atomic E-state index is 13.0. The zero-order chi connectivity index (χ0) is 23.2. The van der Waals surface area contributed by atoms with Crippen LogP contribution < -0.4 is 26.2 Å². The Morgan fingerprint density at radius 3 is 2.76 bits per heavy atom. The Labute approximate surface area is 197 Å². The number of hydrogen-bond acceptors (Lipinski definition) is 9. The molecule has 10 nitrogen and oxygen atoms in total. The van der Waals surface area contributed by atoms with Gasteiger partial charge in [-0.1, -0.05) is 12.1 Å². The Morgan fingerprint density at radius 1 is 1.21 bits per heavy atom. The standard InChI is InChI=1S/C22H31N7O3S/c1-32-14-16-12-29(7-6-24-16)22-26-18(15-33-22)21(31)25-17-4-2-3-5-19(17)28-10-8-27(9-11-28)13-20(23)30/h2-5,15-16,24H,6-14H2,1H3,(H2,23,30)(H,25,31)/t16-/m0/s1. The SMILES string of the molecule is COC[C@@H]1CN(c2nc(C(=O)Nc3ccccc3N3CCN(CC(N)=O)CC3)cs2)CCN1. The second-order valence-corrected chi connectivity index (χ2v) is 9.11. The number of benzene rings is 1. The van der Waals surface area contributed by atoms with Crippen molar-refractivity contribution >= 4 is 39.7 Å². The maximum Gasteiger partial charge on any atom is 0.275 e. The molecule has 3 heterocycles. The van der Waals surface area contributed by atoms with Crippen LogP contribution >= 0.6 is 11.3 Å². The lowest BCUT2D eigenvalue weighted by atomic mass is 10.2. The fourth-order valence-electron chi connectivity index (χ4n) is 4.23. The van der Waals surface area contributed by atoms with Gasteiger partial charge in [0.05, 0.1) is 24.5 Å². The van der Waals surface area contributed by atoms with Crippen LogP contribution in [0.15, 0.2) is 29.6 Å². The molecule has 0 bridgehead atoms. The summed E-state index contributed by atoms with van der Waals surface area (Å²) >= 11 is 1.48. The summed E-state index contributed by atoms with van der Waals surface area (Å²) < 4.78 is 5.26. The van der Waals surface area contributed by atoms with E-state index in [-0.39, 0.29) is 24.4 Å². The van der Waals surface area contributed by atoms with Crippen LogP contribution in [0.4, 0.5) is 16.5 Å². The highest BCUT2D eigenvalue weighted by molar-refractivity contribution is 7.14. The van der Waals surface area contributed by atoms with E-state index in [1.165, 1.54) is 11.3 Å². The molecule has 2 aliphatic rings. The number of hydrogen-bond donors (Lipinski definition) is 3. The van der Waals surface area contributed by atoms with Crippen LogP contribution in [0.25, 0.3) is 0 Å². The van der Waals surface area contributed by atoms with Crippen LogP contribution in [0.2, 0.25) is 0 Å². The summed E-state index contributed by atoms with van der Waals surface area (Å²) in [5.41, 5.74) is 7.44. The van der Waals surface area contributed by atoms with Gasteiger partial charge in [-0.2, -0.15) is 0 Å². The molecule has 2 aliphatic heterocycles. The van der Waals surface area contributed by atoms with Gasteiger partial charge in [-0.3, -0.25) is 14.5 Å². The van der Waals surface area contributed by atoms with Gasteiger partial charge in [0.2, 0.25) is 5.91 Å². The van der Waals surface area contributed by atoms with Crippen molar-refractivity contribution < 1.29 is 14.3 Å². The van der Waals surface area contributed by atoms with E-state index in [1.54, 1.807) is 7.11 Å². The van der Waals surface area contributed by atoms with E-state index in [2.05, 4.69) is 25.4 Å². The molecule has 33 heavy (non-hydrogen) atoms. The highest BCUT2D eigenvalue weighted by Gasteiger charge is 2.24. The molecule has 2 saturated heterocycles. The monoisotopic (exact) mass is 473 g/mol. The number of nitrogens with one attached hydrogen (secondary N) is 2. The van der Waals surface area contributed by atoms with Gasteiger partial charge in [0.1, 0.15) is 5.69 Å². The Bertz CT molecular complexity index is 959. The molecule has 1 aromatic carbocycles. The van der Waals surface area contributed by atoms with Gasteiger partial charge in [0.25, 0.3) is 5.91 Å². The number of carbonyl (C=O) groups excluding carboxylic acids is 2. The highest BCUT2D eigenvalue weighted by atomic mass is 32.1. The van der Waals surface area contributed by atoms with Crippen molar-refractivity contribution in [2.45, 2.75) is 6.04 Å². The zero-order valence-corrected chi connectivity index (χ0v) is 19.6. The Morgan fingerprint density at radius 2 is 2.00 bits per heavy atom. The van der Waals surface area contributed by atoms with E-state index in [0.717, 1.165) is 62.3 Å². The minimum Gasteiger partial charge on any atom is -0.383 e. The first-order chi connectivity index (χ1) is 16.0. The summed E-state index contributed by atoms with van der Waals surface area (Å²) in [5, 5.41) is 9.13. The van der Waals surface area contributed by atoms with E-state index >= 15 is 0 Å². The molecule has 0 spiro atoms. The lowest BCUT2D eigenvalue weighted by molar-refractivity contribution is -0.119. The fourth-order valence-corrected chi connectivity index (χ4v) is 5.08. The molecule has 0 saturated carbocycles. The van der Waals surface area contributed by atoms with Crippen molar-refractivity contribution in [1.29, 1.82) is 0 Å². The quantitative estimate of drug-likeness (QED) is 0.506. The second kappa shape index (κ2) is 10.9. The average molecular weight is 474 g/mol. The van der Waals surface area contributed by atoms with Gasteiger partial charge in [-0.15, -0.1) is 11.3 Å². The number of primary amides is 1. The van der Waals surface area contributed by atoms with Gasteiger partial charge in [-0.05, 0) is 12.1 Å². The lowest BCUT2D eigenvalue weighted by Gasteiger charge is -2.36. The summed E-state index contributed by atoms with van der Waals surface area (Å²) in [7, 11) is 1.70. The third kappa shape index (κ3) is 5.99. The number of thiazole rings is 1. The van der Waals surface area contributed by atoms with E-state index in [4.69, 9.17) is 10.5 Å². The summed E-state index contributed by atoms with van der Waals surface area (Å²) in [5.74, 6) is -0.533. The molecule has 178 valence electrons. The third-order valence-corrected chi connectivity index (χ3v) is 6.76. The number of anilines is 3. The number of para-hydroxylation sites is 2. The molecule has 11 heteroatoms. The van der Waals surface area contributed by atoms with E-state index in [1.807, 2.05) is 34.5 Å². The van der Waals surface area contributed by atoms with Crippen LogP contribution in [-0.2, 0) is 9.53 Å². The zero-order valence-electron chi connectivity index (χ0n) is 18.8. The highest BCUT2D eigenvalue weighted by Crippen LogP contribution is 2.28. The lowest BCUT2D eigenvalue weighted by Crippen LogP contribution is -2.52. The number of amides is 2. The first-order valence-corrected chi connectivity index (χ1v) is 12.0. The molecule has 1 aromatic heterocycles. The van der Waals surface area contributed by atoms with Crippen molar-refractivity contribution in [1.82, 2.24) is 15.2 Å². The molecule has 2 amide bonds. The van der Waals surface area contributed by atoms with E-state index in [0.29, 0.717) is 12.3 Å². The van der Waals surface area contributed by atoms with E-state index in [9.17, 15) is 9.59 Å². The predicted molar refractivity (Wildman–Crippen MR) is 130 cm³/mol. The van der Waals surface area contributed by atoms with Crippen molar-refractivity contribution in [2.75, 3.05) is 81.2 Å². The van der Waals surface area contributed by atoms with Gasteiger partial charge < -0.3 is 30.9 Å². The molecule has 0 aliphatic carbocycles. The topological polar surface area (TPSA) is 116 Å². The van der Waals surface area contributed by atoms with E-state index < -0.39 is 0 Å². The molecule has 4 rings (SSSR count). The summed E-state index contributed by atoms with van der Waals surface area (Å²) in [6.07, 6.45) is 0. The van der Waals surface area contributed by atoms with Crippen molar-refractivity contribution in [3.8, 4) is 0 Å². The molecule has 1 atom stereocenters. The molecular formula is C22H31N7O3S. The number of piperazine rings is 2. The van der Waals surface area contributed by atoms with Gasteiger partial charge in [0.15, 0.2) is 5.13 Å². The molecule has 0 unspecified atom stereocenters. The van der Waals surface area contributed by atoms with Crippen LogP contribution in [0, 0.1) is 0 Å². The second-order valence-electron chi connectivity index (χ2n) is 8.27. The molecule has 2 fully saturated rings. The first kappa shape index (κ1) is 23.4. The predicted octanol–water partition coefficient (Wildman–Crippen LogP) is 0.427. The number of methoxy groups -OCH3 is 1. The Kier molecular flexibility index (Phi) is 7.76. The van der Waals surface area contributed by atoms with Crippen molar-refractivity contribution in [3.05, 3.63) is 35.3 Å². The Hall–Kier alpha value is -2.73. The number of rotatable bonds is 8. The van der Waals surface area contributed by atoms with Gasteiger partial charge in [0, 0.05) is 64.3 Å². The summed E-state index contributed by atoms with van der Waals surface area (Å²) in [4.78, 5) is 35.2. The van der Waals surface area contributed by atoms with Gasteiger partial charge in [-0.25, -0.2) is 4.98 Å². The van der Waals surface area contributed by atoms with Crippen LogP contribution in [0.1, 0.15) is 10.5 Å². The van der Waals surface area contributed by atoms with Crippen LogP contribution in [-0.4, -0.2) is 93.8 Å². The van der Waals surface area contributed by atoms with Crippen molar-refractivity contribution in [2.24, 2.45) is 5.73 Å². The number of nitrogens with zero attached hydrogens (tertiary/aromatic N) is 4. The number of nitrogens with two attached hydrogens (primary N) is 1. The largest absolute Gasteiger partial charge is 0.383 e. The van der Waals surface area contributed by atoms with Crippen LogP contribution in [0.3, 0.4) is 0 Å². The molecule has 0 radical (unpaired) electrons. The number of ether oxygens (including phenoxy) is 1. The first-order valence-electron chi connectivity index (χ1n) is 11.1. The normalized spacial score (nSPS) is 19.5. The molecule has 2 aromatic rings. The minimum absolute atomic E-state index is 0.221. The minimum atomic E-state index is -0.311. The summed E-state index contributed by atoms with van der Waals surface area (Å²) in [6.45, 7) is 6.42. The van der Waals surface area contributed by atoms with Crippen molar-refractivity contribution in [3.63, 3.8) is 0 Å². The van der Waals surface area contributed by atoms with Crippen LogP contribution in [0.5, 0.6) is 0 Å².